The first-order chi connectivity index (χ1) is 8.33. The zero-order chi connectivity index (χ0) is 11.7. The van der Waals surface area contributed by atoms with Gasteiger partial charge in [0.2, 0.25) is 0 Å². The fourth-order valence-electron chi connectivity index (χ4n) is 3.90. The van der Waals surface area contributed by atoms with Crippen LogP contribution in [0.1, 0.15) is 44.9 Å². The Morgan fingerprint density at radius 2 is 1.94 bits per heavy atom. The summed E-state index contributed by atoms with van der Waals surface area (Å²) < 4.78 is 5.67. The monoisotopic (exact) mass is 238 g/mol. The van der Waals surface area contributed by atoms with Crippen LogP contribution in [-0.4, -0.2) is 49.3 Å². The molecule has 3 rings (SSSR count). The van der Waals surface area contributed by atoms with Gasteiger partial charge in [-0.25, -0.2) is 0 Å². The van der Waals surface area contributed by atoms with Gasteiger partial charge in [-0.2, -0.15) is 0 Å². The lowest BCUT2D eigenvalue weighted by Crippen LogP contribution is -2.47. The molecule has 98 valence electrons. The minimum absolute atomic E-state index is 0.547. The molecule has 0 spiro atoms. The van der Waals surface area contributed by atoms with Gasteiger partial charge in [-0.3, -0.25) is 0 Å². The standard InChI is InChI=1S/C14H26N2O/c1-16-12-4-5-13(16)10-11(9-12)15-7-6-14-3-2-8-17-14/h11-15H,2-10H2,1H3. The highest BCUT2D eigenvalue weighted by Gasteiger charge is 2.38. The molecule has 3 fully saturated rings. The predicted molar refractivity (Wildman–Crippen MR) is 69.2 cm³/mol. The molecule has 0 saturated carbocycles. The third kappa shape index (κ3) is 2.67. The van der Waals surface area contributed by atoms with E-state index in [2.05, 4.69) is 17.3 Å². The molecule has 2 bridgehead atoms. The first-order valence-corrected chi connectivity index (χ1v) is 7.40. The van der Waals surface area contributed by atoms with Gasteiger partial charge in [0.15, 0.2) is 0 Å². The Morgan fingerprint density at radius 3 is 2.59 bits per heavy atom. The number of fused-ring (bicyclic) bond motifs is 2. The quantitative estimate of drug-likeness (QED) is 0.808. The summed E-state index contributed by atoms with van der Waals surface area (Å²) in [5.41, 5.74) is 0. The van der Waals surface area contributed by atoms with Crippen LogP contribution in [-0.2, 0) is 4.74 Å². The second kappa shape index (κ2) is 5.25. The van der Waals surface area contributed by atoms with Gasteiger partial charge in [-0.15, -0.1) is 0 Å². The van der Waals surface area contributed by atoms with Crippen LogP contribution in [0.15, 0.2) is 0 Å². The Balaban J connectivity index is 1.38. The number of hydrogen-bond donors (Lipinski definition) is 1. The van der Waals surface area contributed by atoms with Gasteiger partial charge in [-0.1, -0.05) is 0 Å². The van der Waals surface area contributed by atoms with Gasteiger partial charge < -0.3 is 15.0 Å². The van der Waals surface area contributed by atoms with Gasteiger partial charge in [0.1, 0.15) is 0 Å². The van der Waals surface area contributed by atoms with Gasteiger partial charge in [0, 0.05) is 24.7 Å². The molecule has 0 radical (unpaired) electrons. The predicted octanol–water partition coefficient (Wildman–Crippen LogP) is 1.77. The van der Waals surface area contributed by atoms with Crippen molar-refractivity contribution in [2.45, 2.75) is 69.2 Å². The van der Waals surface area contributed by atoms with E-state index in [1.54, 1.807) is 0 Å². The summed E-state index contributed by atoms with van der Waals surface area (Å²) in [5.74, 6) is 0. The highest BCUT2D eigenvalue weighted by atomic mass is 16.5. The van der Waals surface area contributed by atoms with Crippen molar-refractivity contribution in [3.63, 3.8) is 0 Å². The average Bonchev–Trinajstić information content (AvgIpc) is 2.87. The van der Waals surface area contributed by atoms with Gasteiger partial charge >= 0.3 is 0 Å². The molecule has 1 N–H and O–H groups in total. The van der Waals surface area contributed by atoms with Crippen molar-refractivity contribution in [1.82, 2.24) is 10.2 Å². The zero-order valence-corrected chi connectivity index (χ0v) is 11.0. The van der Waals surface area contributed by atoms with E-state index in [1.165, 1.54) is 44.9 Å². The number of hydrogen-bond acceptors (Lipinski definition) is 3. The molecule has 3 unspecified atom stereocenters. The van der Waals surface area contributed by atoms with E-state index in [9.17, 15) is 0 Å². The molecule has 3 aliphatic rings. The molecule has 3 atom stereocenters. The third-order valence-corrected chi connectivity index (χ3v) is 5.02. The Labute approximate surface area is 105 Å². The van der Waals surface area contributed by atoms with Crippen molar-refractivity contribution in [1.29, 1.82) is 0 Å². The van der Waals surface area contributed by atoms with Crippen molar-refractivity contribution in [2.75, 3.05) is 20.2 Å². The van der Waals surface area contributed by atoms with Crippen LogP contribution in [0, 0.1) is 0 Å². The number of piperidine rings is 1. The second-order valence-electron chi connectivity index (χ2n) is 6.10. The number of ether oxygens (including phenoxy) is 1. The fraction of sp³-hybridized carbons (Fsp3) is 1.00. The maximum Gasteiger partial charge on any atom is 0.0588 e. The van der Waals surface area contributed by atoms with Crippen LogP contribution in [0.5, 0.6) is 0 Å². The minimum Gasteiger partial charge on any atom is -0.378 e. The lowest BCUT2D eigenvalue weighted by Gasteiger charge is -2.36. The molecule has 3 saturated heterocycles. The minimum atomic E-state index is 0.547. The van der Waals surface area contributed by atoms with Crippen molar-refractivity contribution in [3.05, 3.63) is 0 Å². The topological polar surface area (TPSA) is 24.5 Å². The first kappa shape index (κ1) is 11.9. The van der Waals surface area contributed by atoms with E-state index in [0.717, 1.165) is 31.3 Å². The number of nitrogens with zero attached hydrogens (tertiary/aromatic N) is 1. The molecule has 0 aromatic heterocycles. The summed E-state index contributed by atoms with van der Waals surface area (Å²) in [6, 6.07) is 2.48. The van der Waals surface area contributed by atoms with Crippen LogP contribution in [0.3, 0.4) is 0 Å². The van der Waals surface area contributed by atoms with Crippen molar-refractivity contribution in [3.8, 4) is 0 Å². The summed E-state index contributed by atoms with van der Waals surface area (Å²) in [6.07, 6.45) is 9.86. The van der Waals surface area contributed by atoms with Crippen molar-refractivity contribution < 1.29 is 4.74 Å². The highest BCUT2D eigenvalue weighted by Crippen LogP contribution is 2.34. The first-order valence-electron chi connectivity index (χ1n) is 7.40. The van der Waals surface area contributed by atoms with E-state index in [-0.39, 0.29) is 0 Å². The summed E-state index contributed by atoms with van der Waals surface area (Å²) >= 11 is 0. The van der Waals surface area contributed by atoms with Crippen LogP contribution in [0.4, 0.5) is 0 Å². The normalized spacial score (nSPS) is 42.2. The van der Waals surface area contributed by atoms with Gasteiger partial charge in [0.05, 0.1) is 6.10 Å². The third-order valence-electron chi connectivity index (χ3n) is 5.02. The largest absolute Gasteiger partial charge is 0.378 e. The van der Waals surface area contributed by atoms with Crippen LogP contribution >= 0.6 is 0 Å². The van der Waals surface area contributed by atoms with E-state index in [1.807, 2.05) is 0 Å². The molecule has 3 heterocycles. The second-order valence-corrected chi connectivity index (χ2v) is 6.10. The molecule has 3 heteroatoms. The molecule has 3 aliphatic heterocycles. The Morgan fingerprint density at radius 1 is 1.18 bits per heavy atom. The van der Waals surface area contributed by atoms with Gasteiger partial charge in [0.25, 0.3) is 0 Å². The molecular weight excluding hydrogens is 212 g/mol. The van der Waals surface area contributed by atoms with Gasteiger partial charge in [-0.05, 0) is 58.5 Å². The highest BCUT2D eigenvalue weighted by molar-refractivity contribution is 4.95. The maximum atomic E-state index is 5.67. The molecular formula is C14H26N2O. The summed E-state index contributed by atoms with van der Waals surface area (Å²) in [4.78, 5) is 2.61. The van der Waals surface area contributed by atoms with E-state index < -0.39 is 0 Å². The Hall–Kier alpha value is -0.120. The number of rotatable bonds is 4. The fourth-order valence-corrected chi connectivity index (χ4v) is 3.90. The van der Waals surface area contributed by atoms with E-state index >= 15 is 0 Å². The van der Waals surface area contributed by atoms with E-state index in [0.29, 0.717) is 6.10 Å². The average molecular weight is 238 g/mol. The summed E-state index contributed by atoms with van der Waals surface area (Å²) in [6.45, 7) is 2.14. The number of nitrogens with one attached hydrogen (secondary N) is 1. The molecule has 17 heavy (non-hydrogen) atoms. The molecule has 0 aliphatic carbocycles. The Bertz CT molecular complexity index is 239. The summed E-state index contributed by atoms with van der Waals surface area (Å²) in [7, 11) is 2.31. The van der Waals surface area contributed by atoms with Crippen LogP contribution in [0.25, 0.3) is 0 Å². The van der Waals surface area contributed by atoms with Crippen LogP contribution < -0.4 is 5.32 Å². The lowest BCUT2D eigenvalue weighted by atomic mass is 9.98. The molecule has 0 aromatic rings. The molecule has 0 aromatic carbocycles. The smallest absolute Gasteiger partial charge is 0.0588 e. The molecule has 3 nitrogen and oxygen atoms in total. The van der Waals surface area contributed by atoms with E-state index in [4.69, 9.17) is 4.74 Å². The summed E-state index contributed by atoms with van der Waals surface area (Å²) in [5, 5.41) is 3.76. The zero-order valence-electron chi connectivity index (χ0n) is 11.0. The Kier molecular flexibility index (Phi) is 3.69. The molecule has 0 amide bonds. The maximum absolute atomic E-state index is 5.67. The van der Waals surface area contributed by atoms with Crippen molar-refractivity contribution >= 4 is 0 Å². The lowest BCUT2D eigenvalue weighted by molar-refractivity contribution is 0.0998. The van der Waals surface area contributed by atoms with Crippen LogP contribution in [0.2, 0.25) is 0 Å². The SMILES string of the molecule is CN1C2CCC1CC(NCCC1CCCO1)C2. The van der Waals surface area contributed by atoms with Crippen molar-refractivity contribution in [2.24, 2.45) is 0 Å².